The fraction of sp³-hybridized carbons (Fsp3) is 0.556. The Labute approximate surface area is 141 Å². The molecule has 0 unspecified atom stereocenters. The van der Waals surface area contributed by atoms with Crippen LogP contribution in [0.15, 0.2) is 12.1 Å². The van der Waals surface area contributed by atoms with Crippen molar-refractivity contribution in [3.05, 3.63) is 17.7 Å². The van der Waals surface area contributed by atoms with Crippen LogP contribution in [0.2, 0.25) is 0 Å². The zero-order valence-corrected chi connectivity index (χ0v) is 13.9. The van der Waals surface area contributed by atoms with E-state index < -0.39 is 11.7 Å². The monoisotopic (exact) mass is 330 g/mol. The topological polar surface area (TPSA) is 59.1 Å². The molecule has 0 N–H and O–H groups in total. The van der Waals surface area contributed by atoms with Gasteiger partial charge in [0.25, 0.3) is 5.78 Å². The maximum Gasteiger partial charge on any atom is 0.300 e. The van der Waals surface area contributed by atoms with Gasteiger partial charge in [0.2, 0.25) is 0 Å². The predicted octanol–water partition coefficient (Wildman–Crippen LogP) is 2.21. The Morgan fingerprint density at radius 3 is 2.62 bits per heavy atom. The fourth-order valence-corrected chi connectivity index (χ4v) is 3.86. The van der Waals surface area contributed by atoms with Gasteiger partial charge in [-0.25, -0.2) is 0 Å². The zero-order chi connectivity index (χ0) is 16.7. The van der Waals surface area contributed by atoms with E-state index in [9.17, 15) is 9.59 Å². The molecule has 1 aromatic carbocycles. The smallest absolute Gasteiger partial charge is 0.300 e. The molecule has 3 heterocycles. The zero-order valence-electron chi connectivity index (χ0n) is 13.9. The third-order valence-corrected chi connectivity index (χ3v) is 5.18. The van der Waals surface area contributed by atoms with Crippen molar-refractivity contribution >= 4 is 17.4 Å². The average molecular weight is 330 g/mol. The van der Waals surface area contributed by atoms with E-state index in [1.165, 1.54) is 6.42 Å². The van der Waals surface area contributed by atoms with E-state index in [0.717, 1.165) is 25.8 Å². The Hall–Kier alpha value is -2.08. The van der Waals surface area contributed by atoms with Crippen LogP contribution in [0.5, 0.6) is 11.5 Å². The first-order valence-corrected chi connectivity index (χ1v) is 8.73. The number of carbonyl (C=O) groups is 2. The summed E-state index contributed by atoms with van der Waals surface area (Å²) >= 11 is 0. The van der Waals surface area contributed by atoms with Gasteiger partial charge in [-0.15, -0.1) is 0 Å². The predicted molar refractivity (Wildman–Crippen MR) is 88.8 cm³/mol. The van der Waals surface area contributed by atoms with Crippen LogP contribution in [0, 0.1) is 0 Å². The second kappa shape index (κ2) is 6.09. The molecular formula is C18H22N2O4. The number of likely N-dealkylation sites (tertiary alicyclic amines) is 1. The largest absolute Gasteiger partial charge is 0.486 e. The van der Waals surface area contributed by atoms with Crippen LogP contribution in [0.25, 0.3) is 0 Å². The molecule has 24 heavy (non-hydrogen) atoms. The maximum absolute atomic E-state index is 12.5. The second-order valence-electron chi connectivity index (χ2n) is 6.59. The van der Waals surface area contributed by atoms with Gasteiger partial charge >= 0.3 is 5.91 Å². The quantitative estimate of drug-likeness (QED) is 0.795. The summed E-state index contributed by atoms with van der Waals surface area (Å²) in [7, 11) is 0. The number of amides is 1. The van der Waals surface area contributed by atoms with Crippen molar-refractivity contribution in [2.45, 2.75) is 38.6 Å². The molecule has 1 fully saturated rings. The third-order valence-electron chi connectivity index (χ3n) is 5.18. The van der Waals surface area contributed by atoms with Crippen LogP contribution in [0.4, 0.5) is 5.69 Å². The van der Waals surface area contributed by atoms with Gasteiger partial charge in [0.1, 0.15) is 13.2 Å². The minimum absolute atomic E-state index is 0.425. The molecular weight excluding hydrogens is 308 g/mol. The van der Waals surface area contributed by atoms with Gasteiger partial charge in [0, 0.05) is 18.7 Å². The van der Waals surface area contributed by atoms with E-state index in [-0.39, 0.29) is 0 Å². The van der Waals surface area contributed by atoms with Gasteiger partial charge in [-0.3, -0.25) is 19.4 Å². The Morgan fingerprint density at radius 2 is 1.88 bits per heavy atom. The number of anilines is 1. The number of piperidine rings is 1. The summed E-state index contributed by atoms with van der Waals surface area (Å²) in [6, 6.07) is 3.90. The van der Waals surface area contributed by atoms with Gasteiger partial charge in [0.15, 0.2) is 11.5 Å². The van der Waals surface area contributed by atoms with Crippen molar-refractivity contribution in [2.24, 2.45) is 0 Å². The van der Waals surface area contributed by atoms with E-state index in [1.54, 1.807) is 17.0 Å². The van der Waals surface area contributed by atoms with Gasteiger partial charge in [-0.2, -0.15) is 0 Å². The highest BCUT2D eigenvalue weighted by Gasteiger charge is 2.39. The number of benzene rings is 1. The lowest BCUT2D eigenvalue weighted by Gasteiger charge is -2.37. The standard InChI is InChI=1S/C18H22N2O4/c1-2-12-5-3-4-6-19(12)11-20-14-10-16-15(23-7-8-24-16)9-13(14)17(21)18(20)22/h9-10,12H,2-8,11H2,1H3/t12-/m0/s1. The number of ether oxygens (including phenoxy) is 2. The Balaban J connectivity index is 1.65. The van der Waals surface area contributed by atoms with Crippen molar-refractivity contribution in [3.63, 3.8) is 0 Å². The highest BCUT2D eigenvalue weighted by atomic mass is 16.6. The number of hydrogen-bond donors (Lipinski definition) is 0. The molecule has 1 aromatic rings. The van der Waals surface area contributed by atoms with Crippen LogP contribution < -0.4 is 14.4 Å². The molecule has 3 aliphatic rings. The number of ketones is 1. The lowest BCUT2D eigenvalue weighted by Crippen LogP contribution is -2.47. The van der Waals surface area contributed by atoms with Gasteiger partial charge in [-0.05, 0) is 25.3 Å². The molecule has 0 saturated carbocycles. The van der Waals surface area contributed by atoms with Gasteiger partial charge < -0.3 is 9.47 Å². The second-order valence-corrected chi connectivity index (χ2v) is 6.59. The van der Waals surface area contributed by atoms with Crippen LogP contribution in [-0.4, -0.2) is 49.1 Å². The highest BCUT2D eigenvalue weighted by molar-refractivity contribution is 6.52. The van der Waals surface area contributed by atoms with Crippen molar-refractivity contribution in [1.82, 2.24) is 4.90 Å². The van der Waals surface area contributed by atoms with Crippen LogP contribution >= 0.6 is 0 Å². The maximum atomic E-state index is 12.5. The van der Waals surface area contributed by atoms with Crippen LogP contribution in [0.1, 0.15) is 43.0 Å². The molecule has 0 radical (unpaired) electrons. The molecule has 3 aliphatic heterocycles. The first-order chi connectivity index (χ1) is 11.7. The number of nitrogens with zero attached hydrogens (tertiary/aromatic N) is 2. The third kappa shape index (κ3) is 2.45. The Kier molecular flexibility index (Phi) is 3.92. The summed E-state index contributed by atoms with van der Waals surface area (Å²) in [6.07, 6.45) is 4.59. The molecule has 0 aliphatic carbocycles. The van der Waals surface area contributed by atoms with Crippen molar-refractivity contribution in [2.75, 3.05) is 31.3 Å². The number of fused-ring (bicyclic) bond motifs is 2. The summed E-state index contributed by atoms with van der Waals surface area (Å²) in [4.78, 5) is 28.8. The van der Waals surface area contributed by atoms with Gasteiger partial charge in [0.05, 0.1) is 17.9 Å². The van der Waals surface area contributed by atoms with Gasteiger partial charge in [-0.1, -0.05) is 13.3 Å². The van der Waals surface area contributed by atoms with Crippen LogP contribution in [0.3, 0.4) is 0 Å². The minimum atomic E-state index is -0.452. The van der Waals surface area contributed by atoms with E-state index in [1.807, 2.05) is 0 Å². The molecule has 0 spiro atoms. The van der Waals surface area contributed by atoms with E-state index in [0.29, 0.717) is 48.7 Å². The average Bonchev–Trinajstić information content (AvgIpc) is 2.85. The lowest BCUT2D eigenvalue weighted by atomic mass is 10.0. The normalized spacial score (nSPS) is 23.5. The Morgan fingerprint density at radius 1 is 1.12 bits per heavy atom. The number of Topliss-reactive ketones (excluding diaryl/α,β-unsaturated/α-hetero) is 1. The Bertz CT molecular complexity index is 688. The van der Waals surface area contributed by atoms with Crippen molar-refractivity contribution < 1.29 is 19.1 Å². The van der Waals surface area contributed by atoms with Crippen LogP contribution in [-0.2, 0) is 4.79 Å². The first-order valence-electron chi connectivity index (χ1n) is 8.73. The first kappa shape index (κ1) is 15.4. The van der Waals surface area contributed by atoms with E-state index in [2.05, 4.69) is 11.8 Å². The molecule has 4 rings (SSSR count). The molecule has 6 nitrogen and oxygen atoms in total. The van der Waals surface area contributed by atoms with Crippen molar-refractivity contribution in [3.8, 4) is 11.5 Å². The molecule has 1 atom stereocenters. The highest BCUT2D eigenvalue weighted by Crippen LogP contribution is 2.40. The molecule has 0 aromatic heterocycles. The van der Waals surface area contributed by atoms with E-state index >= 15 is 0 Å². The minimum Gasteiger partial charge on any atom is -0.486 e. The molecule has 1 amide bonds. The number of carbonyl (C=O) groups excluding carboxylic acids is 2. The molecule has 1 saturated heterocycles. The summed E-state index contributed by atoms with van der Waals surface area (Å²) in [5.74, 6) is 0.255. The summed E-state index contributed by atoms with van der Waals surface area (Å²) in [6.45, 7) is 4.56. The fourth-order valence-electron chi connectivity index (χ4n) is 3.86. The molecule has 0 bridgehead atoms. The lowest BCUT2D eigenvalue weighted by molar-refractivity contribution is -0.114. The molecule has 6 heteroatoms. The number of hydrogen-bond acceptors (Lipinski definition) is 5. The molecule has 128 valence electrons. The van der Waals surface area contributed by atoms with Crippen molar-refractivity contribution in [1.29, 1.82) is 0 Å². The summed E-state index contributed by atoms with van der Waals surface area (Å²) < 4.78 is 11.1. The summed E-state index contributed by atoms with van der Waals surface area (Å²) in [5, 5.41) is 0. The summed E-state index contributed by atoms with van der Waals surface area (Å²) in [5.41, 5.74) is 1.07. The van der Waals surface area contributed by atoms with E-state index in [4.69, 9.17) is 9.47 Å². The number of rotatable bonds is 3. The SMILES string of the molecule is CC[C@H]1CCCCN1CN1C(=O)C(=O)c2cc3c(cc21)OCCO3.